The average molecular weight is 269 g/mol. The van der Waals surface area contributed by atoms with E-state index in [0.717, 1.165) is 25.1 Å². The summed E-state index contributed by atoms with van der Waals surface area (Å²) in [5, 5.41) is 3.57. The Hall–Kier alpha value is -2.13. The van der Waals surface area contributed by atoms with Crippen molar-refractivity contribution in [3.05, 3.63) is 71.7 Å². The van der Waals surface area contributed by atoms with Gasteiger partial charge in [0, 0.05) is 29.1 Å². The molecule has 3 heteroatoms. The standard InChI is InChI=1S/C17H17FN2/c18-15-7-5-13(6-8-15)11-19-10-9-14-12-20-17-4-2-1-3-16(14)17/h1-8,12,19-20H,9-11H2/p+1. The third-order valence-corrected chi connectivity index (χ3v) is 3.59. The van der Waals surface area contributed by atoms with Crippen LogP contribution in [0.2, 0.25) is 0 Å². The first-order valence-corrected chi connectivity index (χ1v) is 6.94. The van der Waals surface area contributed by atoms with E-state index in [1.165, 1.54) is 28.6 Å². The molecule has 2 nitrogen and oxygen atoms in total. The Kier molecular flexibility index (Phi) is 3.79. The molecule has 1 heterocycles. The van der Waals surface area contributed by atoms with Crippen LogP contribution in [-0.2, 0) is 13.0 Å². The van der Waals surface area contributed by atoms with Gasteiger partial charge in [-0.05, 0) is 23.8 Å². The number of hydrogen-bond acceptors (Lipinski definition) is 0. The predicted molar refractivity (Wildman–Crippen MR) is 78.9 cm³/mol. The van der Waals surface area contributed by atoms with Gasteiger partial charge in [-0.3, -0.25) is 0 Å². The zero-order chi connectivity index (χ0) is 13.8. The summed E-state index contributed by atoms with van der Waals surface area (Å²) in [4.78, 5) is 3.30. The maximum absolute atomic E-state index is 12.8. The molecular weight excluding hydrogens is 251 g/mol. The summed E-state index contributed by atoms with van der Waals surface area (Å²) < 4.78 is 12.8. The van der Waals surface area contributed by atoms with Gasteiger partial charge in [-0.15, -0.1) is 0 Å². The molecule has 0 atom stereocenters. The lowest BCUT2D eigenvalue weighted by atomic mass is 10.1. The Morgan fingerprint density at radius 3 is 2.65 bits per heavy atom. The number of H-pyrrole nitrogens is 1. The van der Waals surface area contributed by atoms with Crippen LogP contribution < -0.4 is 5.32 Å². The molecular formula is C17H18FN2+. The van der Waals surface area contributed by atoms with Crippen LogP contribution in [0.25, 0.3) is 10.9 Å². The van der Waals surface area contributed by atoms with Gasteiger partial charge in [-0.1, -0.05) is 30.3 Å². The molecule has 0 radical (unpaired) electrons. The molecule has 0 fully saturated rings. The fraction of sp³-hybridized carbons (Fsp3) is 0.176. The third-order valence-electron chi connectivity index (χ3n) is 3.59. The van der Waals surface area contributed by atoms with Crippen LogP contribution in [0.1, 0.15) is 11.1 Å². The number of benzene rings is 2. The van der Waals surface area contributed by atoms with Crippen LogP contribution >= 0.6 is 0 Å². The Balaban J connectivity index is 1.54. The lowest BCUT2D eigenvalue weighted by molar-refractivity contribution is -0.670. The van der Waals surface area contributed by atoms with Crippen molar-refractivity contribution in [3.8, 4) is 0 Å². The number of rotatable bonds is 5. The molecule has 0 amide bonds. The van der Waals surface area contributed by atoms with Crippen LogP contribution in [0.3, 0.4) is 0 Å². The smallest absolute Gasteiger partial charge is 0.123 e. The molecule has 0 saturated heterocycles. The van der Waals surface area contributed by atoms with Crippen molar-refractivity contribution in [1.82, 2.24) is 4.98 Å². The van der Waals surface area contributed by atoms with Gasteiger partial charge < -0.3 is 10.3 Å². The lowest BCUT2D eigenvalue weighted by Gasteiger charge is -2.02. The van der Waals surface area contributed by atoms with Crippen LogP contribution in [0.5, 0.6) is 0 Å². The summed E-state index contributed by atoms with van der Waals surface area (Å²) >= 11 is 0. The van der Waals surface area contributed by atoms with Gasteiger partial charge in [0.05, 0.1) is 6.54 Å². The summed E-state index contributed by atoms with van der Waals surface area (Å²) in [6.45, 7) is 1.92. The Labute approximate surface area is 117 Å². The number of nitrogens with two attached hydrogens (primary N) is 1. The maximum atomic E-state index is 12.8. The first-order chi connectivity index (χ1) is 9.83. The largest absolute Gasteiger partial charge is 0.361 e. The Bertz CT molecular complexity index is 686. The summed E-state index contributed by atoms with van der Waals surface area (Å²) in [5.41, 5.74) is 3.71. The number of halogens is 1. The van der Waals surface area contributed by atoms with Crippen LogP contribution in [0.4, 0.5) is 4.39 Å². The van der Waals surface area contributed by atoms with Gasteiger partial charge in [-0.2, -0.15) is 0 Å². The lowest BCUT2D eigenvalue weighted by Crippen LogP contribution is -2.83. The molecule has 0 spiro atoms. The van der Waals surface area contributed by atoms with E-state index < -0.39 is 0 Å². The van der Waals surface area contributed by atoms with Crippen molar-refractivity contribution < 1.29 is 9.71 Å². The Morgan fingerprint density at radius 1 is 1.00 bits per heavy atom. The zero-order valence-electron chi connectivity index (χ0n) is 11.3. The molecule has 0 aliphatic rings. The second-order valence-electron chi connectivity index (χ2n) is 5.02. The van der Waals surface area contributed by atoms with Crippen LogP contribution in [-0.4, -0.2) is 11.5 Å². The third kappa shape index (κ3) is 2.89. The number of fused-ring (bicyclic) bond motifs is 1. The molecule has 0 bridgehead atoms. The zero-order valence-corrected chi connectivity index (χ0v) is 11.3. The molecule has 102 valence electrons. The molecule has 3 N–H and O–H groups in total. The number of nitrogens with one attached hydrogen (secondary N) is 1. The van der Waals surface area contributed by atoms with Crippen molar-refractivity contribution >= 4 is 10.9 Å². The molecule has 1 aromatic heterocycles. The predicted octanol–water partition coefficient (Wildman–Crippen LogP) is 2.61. The minimum atomic E-state index is -0.174. The summed E-state index contributed by atoms with van der Waals surface area (Å²) in [6.07, 6.45) is 3.13. The first-order valence-electron chi connectivity index (χ1n) is 6.94. The van der Waals surface area contributed by atoms with Crippen molar-refractivity contribution in [1.29, 1.82) is 0 Å². The van der Waals surface area contributed by atoms with Gasteiger partial charge in [0.15, 0.2) is 0 Å². The summed E-state index contributed by atoms with van der Waals surface area (Å²) in [6, 6.07) is 15.1. The molecule has 0 aliphatic heterocycles. The number of aromatic amines is 1. The van der Waals surface area contributed by atoms with Crippen molar-refractivity contribution in [2.75, 3.05) is 6.54 Å². The highest BCUT2D eigenvalue weighted by Crippen LogP contribution is 2.17. The number of hydrogen-bond donors (Lipinski definition) is 2. The highest BCUT2D eigenvalue weighted by molar-refractivity contribution is 5.82. The molecule has 20 heavy (non-hydrogen) atoms. The van der Waals surface area contributed by atoms with E-state index in [2.05, 4.69) is 34.7 Å². The van der Waals surface area contributed by atoms with E-state index in [1.54, 1.807) is 0 Å². The second-order valence-corrected chi connectivity index (χ2v) is 5.02. The first kappa shape index (κ1) is 12.9. The SMILES string of the molecule is Fc1ccc(C[NH2+]CCc2c[nH]c3ccccc23)cc1. The number of quaternary nitrogens is 1. The number of para-hydroxylation sites is 1. The molecule has 0 aliphatic carbocycles. The maximum Gasteiger partial charge on any atom is 0.123 e. The van der Waals surface area contributed by atoms with E-state index in [1.807, 2.05) is 18.2 Å². The van der Waals surface area contributed by atoms with E-state index in [-0.39, 0.29) is 5.82 Å². The minimum Gasteiger partial charge on any atom is -0.361 e. The van der Waals surface area contributed by atoms with Gasteiger partial charge in [0.25, 0.3) is 0 Å². The quantitative estimate of drug-likeness (QED) is 0.668. The van der Waals surface area contributed by atoms with Crippen LogP contribution in [0, 0.1) is 5.82 Å². The van der Waals surface area contributed by atoms with Crippen molar-refractivity contribution in [2.24, 2.45) is 0 Å². The van der Waals surface area contributed by atoms with E-state index in [4.69, 9.17) is 0 Å². The van der Waals surface area contributed by atoms with Gasteiger partial charge in [0.1, 0.15) is 12.4 Å². The monoisotopic (exact) mass is 269 g/mol. The molecule has 3 rings (SSSR count). The summed E-state index contributed by atoms with van der Waals surface area (Å²) in [5.74, 6) is -0.174. The average Bonchev–Trinajstić information content (AvgIpc) is 2.89. The van der Waals surface area contributed by atoms with Crippen molar-refractivity contribution in [2.45, 2.75) is 13.0 Å². The van der Waals surface area contributed by atoms with E-state index in [9.17, 15) is 4.39 Å². The highest BCUT2D eigenvalue weighted by Gasteiger charge is 2.03. The number of aromatic nitrogens is 1. The minimum absolute atomic E-state index is 0.174. The Morgan fingerprint density at radius 2 is 1.80 bits per heavy atom. The molecule has 3 aromatic rings. The van der Waals surface area contributed by atoms with Crippen molar-refractivity contribution in [3.63, 3.8) is 0 Å². The van der Waals surface area contributed by atoms with Gasteiger partial charge in [0.2, 0.25) is 0 Å². The highest BCUT2D eigenvalue weighted by atomic mass is 19.1. The molecule has 0 saturated carbocycles. The van der Waals surface area contributed by atoms with Gasteiger partial charge in [-0.25, -0.2) is 4.39 Å². The summed E-state index contributed by atoms with van der Waals surface area (Å²) in [7, 11) is 0. The van der Waals surface area contributed by atoms with E-state index in [0.29, 0.717) is 0 Å². The molecule has 2 aromatic carbocycles. The fourth-order valence-electron chi connectivity index (χ4n) is 2.49. The second kappa shape index (κ2) is 5.88. The van der Waals surface area contributed by atoms with Crippen LogP contribution in [0.15, 0.2) is 54.7 Å². The van der Waals surface area contributed by atoms with Gasteiger partial charge >= 0.3 is 0 Å². The van der Waals surface area contributed by atoms with E-state index >= 15 is 0 Å². The fourth-order valence-corrected chi connectivity index (χ4v) is 2.49. The normalized spacial score (nSPS) is 11.1. The topological polar surface area (TPSA) is 32.4 Å². The molecule has 0 unspecified atom stereocenters.